The maximum atomic E-state index is 13.4. The lowest BCUT2D eigenvalue weighted by atomic mass is 9.94. The maximum Gasteiger partial charge on any atom is 0.300 e. The van der Waals surface area contributed by atoms with E-state index in [9.17, 15) is 24.8 Å². The third kappa shape index (κ3) is 3.58. The molecule has 0 aliphatic carbocycles. The number of hydrogen-bond acceptors (Lipinski definition) is 6. The van der Waals surface area contributed by atoms with Crippen molar-refractivity contribution in [1.29, 1.82) is 0 Å². The third-order valence-corrected chi connectivity index (χ3v) is 6.33. The average molecular weight is 483 g/mol. The fraction of sp³-hybridized carbons (Fsp3) is 0.111. The number of carbonyl (C=O) groups excluding carboxylic acids is 2. The first kappa shape index (κ1) is 22.9. The molecule has 9 nitrogen and oxygen atoms in total. The number of aryl methyl sites for hydroxylation is 1. The highest BCUT2D eigenvalue weighted by atomic mass is 16.6. The van der Waals surface area contributed by atoms with Gasteiger partial charge in [0.25, 0.3) is 17.4 Å². The van der Waals surface area contributed by atoms with Crippen LogP contribution in [0.25, 0.3) is 16.7 Å². The summed E-state index contributed by atoms with van der Waals surface area (Å²) >= 11 is 0. The van der Waals surface area contributed by atoms with Gasteiger partial charge in [0.05, 0.1) is 23.6 Å². The number of non-ortho nitro benzene ring substituents is 1. The van der Waals surface area contributed by atoms with Gasteiger partial charge in [-0.05, 0) is 18.2 Å². The van der Waals surface area contributed by atoms with Crippen LogP contribution in [0.3, 0.4) is 0 Å². The standard InChI is InChI=1S/C27H21N3O6/c1-28-15-21(20-11-3-4-12-22(20)28)24-23(25(31)16-7-5-9-18(13-16)30(34)35)26(32)27(33)29(24)17-8-6-10-19(14-17)36-2/h3-15,24,31H,1-2H3/b25-23+. The van der Waals surface area contributed by atoms with Crippen molar-refractivity contribution in [3.63, 3.8) is 0 Å². The summed E-state index contributed by atoms with van der Waals surface area (Å²) in [5.41, 5.74) is 1.58. The number of benzene rings is 3. The Balaban J connectivity index is 1.80. The number of ketones is 1. The smallest absolute Gasteiger partial charge is 0.300 e. The Kier molecular flexibility index (Phi) is 5.52. The minimum atomic E-state index is -0.984. The van der Waals surface area contributed by atoms with E-state index >= 15 is 0 Å². The Labute approximate surface area is 205 Å². The molecule has 36 heavy (non-hydrogen) atoms. The van der Waals surface area contributed by atoms with Gasteiger partial charge in [0.15, 0.2) is 0 Å². The number of aliphatic hydroxyl groups is 1. The van der Waals surface area contributed by atoms with E-state index in [1.54, 1.807) is 24.3 Å². The van der Waals surface area contributed by atoms with Gasteiger partial charge in [-0.15, -0.1) is 0 Å². The molecule has 0 spiro atoms. The molecule has 1 N–H and O–H groups in total. The zero-order valence-corrected chi connectivity index (χ0v) is 19.4. The normalized spacial score (nSPS) is 17.1. The molecule has 1 atom stereocenters. The molecule has 3 aromatic carbocycles. The van der Waals surface area contributed by atoms with Crippen LogP contribution in [0.1, 0.15) is 17.2 Å². The van der Waals surface area contributed by atoms with E-state index in [1.807, 2.05) is 42.1 Å². The van der Waals surface area contributed by atoms with Crippen LogP contribution in [-0.4, -0.2) is 33.4 Å². The fourth-order valence-corrected chi connectivity index (χ4v) is 4.67. The molecule has 1 amide bonds. The van der Waals surface area contributed by atoms with Crippen molar-refractivity contribution in [3.05, 3.63) is 106 Å². The van der Waals surface area contributed by atoms with Crippen molar-refractivity contribution in [1.82, 2.24) is 4.57 Å². The summed E-state index contributed by atoms with van der Waals surface area (Å²) in [6, 6.07) is 18.6. The number of aromatic nitrogens is 1. The Hall–Kier alpha value is -4.92. The molecule has 1 saturated heterocycles. The monoisotopic (exact) mass is 483 g/mol. The molecule has 1 aliphatic rings. The van der Waals surface area contributed by atoms with Crippen LogP contribution in [0, 0.1) is 10.1 Å². The predicted molar refractivity (Wildman–Crippen MR) is 134 cm³/mol. The number of methoxy groups -OCH3 is 1. The minimum Gasteiger partial charge on any atom is -0.507 e. The lowest BCUT2D eigenvalue weighted by Gasteiger charge is -2.25. The van der Waals surface area contributed by atoms with Gasteiger partial charge < -0.3 is 14.4 Å². The van der Waals surface area contributed by atoms with Gasteiger partial charge in [-0.2, -0.15) is 0 Å². The van der Waals surface area contributed by atoms with E-state index in [1.165, 1.54) is 36.3 Å². The number of anilines is 1. The first-order valence-corrected chi connectivity index (χ1v) is 11.1. The second-order valence-electron chi connectivity index (χ2n) is 8.39. The average Bonchev–Trinajstić information content (AvgIpc) is 3.37. The van der Waals surface area contributed by atoms with Gasteiger partial charge in [0, 0.05) is 59.2 Å². The molecule has 180 valence electrons. The molecule has 4 aromatic rings. The SMILES string of the molecule is COc1cccc(N2C(=O)C(=O)/C(=C(/O)c3cccc([N+](=O)[O-])c3)C2c2cn(C)c3ccccc23)c1. The number of aliphatic hydroxyl groups excluding tert-OH is 1. The van der Waals surface area contributed by atoms with E-state index in [0.717, 1.165) is 10.9 Å². The molecule has 0 bridgehead atoms. The number of rotatable bonds is 5. The molecule has 1 aromatic heterocycles. The van der Waals surface area contributed by atoms with Gasteiger partial charge in [-0.3, -0.25) is 24.6 Å². The van der Waals surface area contributed by atoms with Crippen molar-refractivity contribution in [2.75, 3.05) is 12.0 Å². The summed E-state index contributed by atoms with van der Waals surface area (Å²) in [6.45, 7) is 0. The van der Waals surface area contributed by atoms with E-state index in [2.05, 4.69) is 0 Å². The number of nitro benzene ring substituents is 1. The van der Waals surface area contributed by atoms with Crippen molar-refractivity contribution < 1.29 is 24.4 Å². The molecule has 9 heteroatoms. The third-order valence-electron chi connectivity index (χ3n) is 6.33. The summed E-state index contributed by atoms with van der Waals surface area (Å²) < 4.78 is 7.20. The first-order valence-electron chi connectivity index (χ1n) is 11.1. The highest BCUT2D eigenvalue weighted by Gasteiger charge is 2.48. The summed E-state index contributed by atoms with van der Waals surface area (Å²) in [5.74, 6) is -1.71. The van der Waals surface area contributed by atoms with Crippen LogP contribution in [0.2, 0.25) is 0 Å². The number of amides is 1. The predicted octanol–water partition coefficient (Wildman–Crippen LogP) is 4.72. The second-order valence-corrected chi connectivity index (χ2v) is 8.39. The number of Topliss-reactive ketones (excluding diaryl/α,β-unsaturated/α-hetero) is 1. The van der Waals surface area contributed by atoms with Crippen molar-refractivity contribution in [2.45, 2.75) is 6.04 Å². The van der Waals surface area contributed by atoms with Crippen LogP contribution in [0.15, 0.2) is 84.6 Å². The molecule has 1 aliphatic heterocycles. The number of carbonyl (C=O) groups is 2. The van der Waals surface area contributed by atoms with Crippen LogP contribution in [-0.2, 0) is 16.6 Å². The first-order chi connectivity index (χ1) is 17.3. The molecule has 2 heterocycles. The highest BCUT2D eigenvalue weighted by molar-refractivity contribution is 6.52. The van der Waals surface area contributed by atoms with Crippen molar-refractivity contribution in [2.24, 2.45) is 7.05 Å². The summed E-state index contributed by atoms with van der Waals surface area (Å²) in [5, 5.41) is 23.4. The number of nitrogens with zero attached hydrogens (tertiary/aromatic N) is 3. The lowest BCUT2D eigenvalue weighted by molar-refractivity contribution is -0.384. The van der Waals surface area contributed by atoms with Crippen LogP contribution >= 0.6 is 0 Å². The van der Waals surface area contributed by atoms with E-state index in [4.69, 9.17) is 4.74 Å². The van der Waals surface area contributed by atoms with Gasteiger partial charge in [-0.25, -0.2) is 0 Å². The number of nitro groups is 1. The largest absolute Gasteiger partial charge is 0.507 e. The van der Waals surface area contributed by atoms with Crippen LogP contribution in [0.5, 0.6) is 5.75 Å². The highest BCUT2D eigenvalue weighted by Crippen LogP contribution is 2.45. The molecule has 0 saturated carbocycles. The Morgan fingerprint density at radius 3 is 2.53 bits per heavy atom. The van der Waals surface area contributed by atoms with Gasteiger partial charge in [0.1, 0.15) is 11.5 Å². The Morgan fingerprint density at radius 1 is 1.03 bits per heavy atom. The topological polar surface area (TPSA) is 115 Å². The molecule has 1 fully saturated rings. The quantitative estimate of drug-likeness (QED) is 0.144. The number of fused-ring (bicyclic) bond motifs is 1. The van der Waals surface area contributed by atoms with E-state index in [-0.39, 0.29) is 16.8 Å². The van der Waals surface area contributed by atoms with Crippen LogP contribution < -0.4 is 9.64 Å². The Morgan fingerprint density at radius 2 is 1.78 bits per heavy atom. The van der Waals surface area contributed by atoms with Gasteiger partial charge >= 0.3 is 0 Å². The number of para-hydroxylation sites is 1. The minimum absolute atomic E-state index is 0.0677. The summed E-state index contributed by atoms with van der Waals surface area (Å²) in [7, 11) is 3.35. The number of ether oxygens (including phenoxy) is 1. The summed E-state index contributed by atoms with van der Waals surface area (Å²) in [6.07, 6.45) is 1.81. The van der Waals surface area contributed by atoms with E-state index < -0.39 is 28.4 Å². The van der Waals surface area contributed by atoms with Crippen molar-refractivity contribution >= 4 is 39.7 Å². The number of hydrogen-bond donors (Lipinski definition) is 1. The van der Waals surface area contributed by atoms with Crippen molar-refractivity contribution in [3.8, 4) is 5.75 Å². The van der Waals surface area contributed by atoms with E-state index in [0.29, 0.717) is 17.0 Å². The second kappa shape index (κ2) is 8.70. The maximum absolute atomic E-state index is 13.4. The summed E-state index contributed by atoms with van der Waals surface area (Å²) in [4.78, 5) is 38.9. The molecule has 1 unspecified atom stereocenters. The molecule has 0 radical (unpaired) electrons. The molecule has 5 rings (SSSR count). The van der Waals surface area contributed by atoms with Gasteiger partial charge in [0.2, 0.25) is 0 Å². The zero-order chi connectivity index (χ0) is 25.6. The van der Waals surface area contributed by atoms with Gasteiger partial charge in [-0.1, -0.05) is 36.4 Å². The molecular weight excluding hydrogens is 462 g/mol. The lowest BCUT2D eigenvalue weighted by Crippen LogP contribution is -2.29. The Bertz CT molecular complexity index is 1590. The molecular formula is C27H21N3O6. The fourth-order valence-electron chi connectivity index (χ4n) is 4.67. The zero-order valence-electron chi connectivity index (χ0n) is 19.4. The van der Waals surface area contributed by atoms with Crippen LogP contribution in [0.4, 0.5) is 11.4 Å².